The van der Waals surface area contributed by atoms with Crippen molar-refractivity contribution >= 4 is 16.6 Å². The minimum Gasteiger partial charge on any atom is -0.388 e. The smallest absolute Gasteiger partial charge is 0.0478 e. The lowest BCUT2D eigenvalue weighted by atomic mass is 10.0. The van der Waals surface area contributed by atoms with E-state index in [2.05, 4.69) is 71.7 Å². The maximum atomic E-state index is 3.17. The molecule has 0 fully saturated rings. The molecule has 18 heavy (non-hydrogen) atoms. The standard InChI is InChI=1S/C16H16N2/c1-17-15-5-3-4-12(11-15)13-6-7-16-14(10-13)8-9-18(16)2/h3-11,17H,1-2H3. The van der Waals surface area contributed by atoms with Crippen molar-refractivity contribution in [3.05, 3.63) is 54.7 Å². The highest BCUT2D eigenvalue weighted by Gasteiger charge is 2.02. The predicted octanol–water partition coefficient (Wildman–Crippen LogP) is 3.89. The van der Waals surface area contributed by atoms with Gasteiger partial charge in [0.15, 0.2) is 0 Å². The third kappa shape index (κ3) is 1.76. The Hall–Kier alpha value is -2.22. The number of nitrogens with one attached hydrogen (secondary N) is 1. The van der Waals surface area contributed by atoms with E-state index in [1.807, 2.05) is 7.05 Å². The zero-order valence-corrected chi connectivity index (χ0v) is 10.6. The van der Waals surface area contributed by atoms with Gasteiger partial charge in [-0.3, -0.25) is 0 Å². The van der Waals surface area contributed by atoms with Gasteiger partial charge in [-0.15, -0.1) is 0 Å². The molecule has 2 aromatic carbocycles. The second kappa shape index (κ2) is 4.22. The molecule has 0 aliphatic carbocycles. The first-order valence-electron chi connectivity index (χ1n) is 6.11. The Bertz CT molecular complexity index is 695. The second-order valence-electron chi connectivity index (χ2n) is 4.53. The van der Waals surface area contributed by atoms with Crippen LogP contribution >= 0.6 is 0 Å². The lowest BCUT2D eigenvalue weighted by Gasteiger charge is -2.06. The van der Waals surface area contributed by atoms with E-state index in [-0.39, 0.29) is 0 Å². The molecule has 0 spiro atoms. The van der Waals surface area contributed by atoms with Crippen LogP contribution in [-0.4, -0.2) is 11.6 Å². The molecule has 0 radical (unpaired) electrons. The maximum absolute atomic E-state index is 3.17. The Morgan fingerprint density at radius 1 is 0.944 bits per heavy atom. The molecular weight excluding hydrogens is 220 g/mol. The summed E-state index contributed by atoms with van der Waals surface area (Å²) in [6.07, 6.45) is 2.10. The third-order valence-electron chi connectivity index (χ3n) is 3.37. The minimum atomic E-state index is 1.14. The Kier molecular flexibility index (Phi) is 2.56. The van der Waals surface area contributed by atoms with Crippen molar-refractivity contribution in [3.63, 3.8) is 0 Å². The SMILES string of the molecule is CNc1cccc(-c2ccc3c(ccn3C)c2)c1. The fourth-order valence-electron chi connectivity index (χ4n) is 2.32. The molecule has 1 aromatic heterocycles. The van der Waals surface area contributed by atoms with Crippen LogP contribution in [0.1, 0.15) is 0 Å². The number of nitrogens with zero attached hydrogens (tertiary/aromatic N) is 1. The fraction of sp³-hybridized carbons (Fsp3) is 0.125. The highest BCUT2D eigenvalue weighted by Crippen LogP contribution is 2.26. The van der Waals surface area contributed by atoms with Gasteiger partial charge in [0.1, 0.15) is 0 Å². The van der Waals surface area contributed by atoms with Gasteiger partial charge >= 0.3 is 0 Å². The van der Waals surface area contributed by atoms with Crippen LogP contribution in [0.5, 0.6) is 0 Å². The predicted molar refractivity (Wildman–Crippen MR) is 77.9 cm³/mol. The zero-order chi connectivity index (χ0) is 12.5. The van der Waals surface area contributed by atoms with Crippen molar-refractivity contribution in [3.8, 4) is 11.1 Å². The highest BCUT2D eigenvalue weighted by molar-refractivity contribution is 5.86. The Balaban J connectivity index is 2.13. The molecule has 2 heteroatoms. The Morgan fingerprint density at radius 2 is 1.78 bits per heavy atom. The average Bonchev–Trinajstić information content (AvgIpc) is 2.80. The molecule has 0 unspecified atom stereocenters. The van der Waals surface area contributed by atoms with E-state index >= 15 is 0 Å². The first kappa shape index (κ1) is 10.9. The summed E-state index contributed by atoms with van der Waals surface area (Å²) in [5.74, 6) is 0. The van der Waals surface area contributed by atoms with Gasteiger partial charge in [-0.25, -0.2) is 0 Å². The van der Waals surface area contributed by atoms with E-state index in [0.29, 0.717) is 0 Å². The first-order chi connectivity index (χ1) is 8.78. The number of hydrogen-bond acceptors (Lipinski definition) is 1. The van der Waals surface area contributed by atoms with Gasteiger partial charge in [-0.1, -0.05) is 18.2 Å². The molecular formula is C16H16N2. The largest absolute Gasteiger partial charge is 0.388 e. The molecule has 90 valence electrons. The van der Waals surface area contributed by atoms with E-state index in [9.17, 15) is 0 Å². The molecule has 0 saturated heterocycles. The van der Waals surface area contributed by atoms with Gasteiger partial charge in [0.2, 0.25) is 0 Å². The summed E-state index contributed by atoms with van der Waals surface area (Å²) in [7, 11) is 4.02. The van der Waals surface area contributed by atoms with Gasteiger partial charge in [0, 0.05) is 36.9 Å². The summed E-state index contributed by atoms with van der Waals surface area (Å²) in [5, 5.41) is 4.46. The molecule has 0 amide bonds. The van der Waals surface area contributed by atoms with Crippen LogP contribution in [0.2, 0.25) is 0 Å². The molecule has 0 bridgehead atoms. The number of rotatable bonds is 2. The number of benzene rings is 2. The molecule has 0 saturated carbocycles. The van der Waals surface area contributed by atoms with Crippen LogP contribution < -0.4 is 5.32 Å². The van der Waals surface area contributed by atoms with E-state index in [0.717, 1.165) is 5.69 Å². The van der Waals surface area contributed by atoms with Crippen LogP contribution in [0, 0.1) is 0 Å². The van der Waals surface area contributed by atoms with Crippen LogP contribution in [0.25, 0.3) is 22.0 Å². The number of fused-ring (bicyclic) bond motifs is 1. The van der Waals surface area contributed by atoms with E-state index < -0.39 is 0 Å². The van der Waals surface area contributed by atoms with Crippen molar-refractivity contribution in [2.24, 2.45) is 7.05 Å². The van der Waals surface area contributed by atoms with E-state index in [1.165, 1.54) is 22.0 Å². The molecule has 3 rings (SSSR count). The third-order valence-corrected chi connectivity index (χ3v) is 3.37. The van der Waals surface area contributed by atoms with Crippen molar-refractivity contribution in [1.29, 1.82) is 0 Å². The lowest BCUT2D eigenvalue weighted by molar-refractivity contribution is 0.969. The van der Waals surface area contributed by atoms with Gasteiger partial charge in [-0.05, 0) is 41.5 Å². The molecule has 0 aliphatic rings. The summed E-state index contributed by atoms with van der Waals surface area (Å²) < 4.78 is 2.14. The highest BCUT2D eigenvalue weighted by atomic mass is 14.9. The normalized spacial score (nSPS) is 10.8. The van der Waals surface area contributed by atoms with Gasteiger partial charge < -0.3 is 9.88 Å². The molecule has 3 aromatic rings. The van der Waals surface area contributed by atoms with Gasteiger partial charge in [0.25, 0.3) is 0 Å². The number of aryl methyl sites for hydroxylation is 1. The van der Waals surface area contributed by atoms with Crippen LogP contribution in [0.15, 0.2) is 54.7 Å². The summed E-state index contributed by atoms with van der Waals surface area (Å²) in [6, 6.07) is 17.2. The monoisotopic (exact) mass is 236 g/mol. The molecule has 0 aliphatic heterocycles. The average molecular weight is 236 g/mol. The summed E-state index contributed by atoms with van der Waals surface area (Å²) >= 11 is 0. The topological polar surface area (TPSA) is 17.0 Å². The van der Waals surface area contributed by atoms with Crippen molar-refractivity contribution < 1.29 is 0 Å². The Morgan fingerprint density at radius 3 is 2.61 bits per heavy atom. The molecule has 2 nitrogen and oxygen atoms in total. The van der Waals surface area contributed by atoms with E-state index in [4.69, 9.17) is 0 Å². The molecule has 0 atom stereocenters. The first-order valence-corrected chi connectivity index (χ1v) is 6.11. The second-order valence-corrected chi connectivity index (χ2v) is 4.53. The van der Waals surface area contributed by atoms with Crippen molar-refractivity contribution in [1.82, 2.24) is 4.57 Å². The van der Waals surface area contributed by atoms with Crippen molar-refractivity contribution in [2.75, 3.05) is 12.4 Å². The van der Waals surface area contributed by atoms with Gasteiger partial charge in [-0.2, -0.15) is 0 Å². The zero-order valence-electron chi connectivity index (χ0n) is 10.6. The maximum Gasteiger partial charge on any atom is 0.0478 e. The van der Waals surface area contributed by atoms with Crippen molar-refractivity contribution in [2.45, 2.75) is 0 Å². The minimum absolute atomic E-state index is 1.14. The molecule has 1 heterocycles. The summed E-state index contributed by atoms with van der Waals surface area (Å²) in [4.78, 5) is 0. The number of aromatic nitrogens is 1. The number of anilines is 1. The van der Waals surface area contributed by atoms with E-state index in [1.54, 1.807) is 0 Å². The van der Waals surface area contributed by atoms with Crippen LogP contribution in [-0.2, 0) is 7.05 Å². The quantitative estimate of drug-likeness (QED) is 0.714. The van der Waals surface area contributed by atoms with Crippen LogP contribution in [0.3, 0.4) is 0 Å². The summed E-state index contributed by atoms with van der Waals surface area (Å²) in [5.41, 5.74) is 4.91. The molecule has 1 N–H and O–H groups in total. The fourth-order valence-corrected chi connectivity index (χ4v) is 2.32. The Labute approximate surface area is 107 Å². The summed E-state index contributed by atoms with van der Waals surface area (Å²) in [6.45, 7) is 0. The lowest BCUT2D eigenvalue weighted by Crippen LogP contribution is -1.88. The number of hydrogen-bond donors (Lipinski definition) is 1. The van der Waals surface area contributed by atoms with Crippen LogP contribution in [0.4, 0.5) is 5.69 Å². The van der Waals surface area contributed by atoms with Gasteiger partial charge in [0.05, 0.1) is 0 Å².